The standard InChI is InChI=1S/C18H27N3O3/c1-14(20(2)13-17(22)23)18(24)19-16-8-10-21(11-9-16)12-15-6-4-3-5-7-15/h3-7,14,16H,8-13H2,1-2H3,(H,19,24)(H,22,23). The Labute approximate surface area is 143 Å². The maximum Gasteiger partial charge on any atom is 0.317 e. The van der Waals surface area contributed by atoms with Crippen molar-refractivity contribution in [2.45, 2.75) is 38.4 Å². The van der Waals surface area contributed by atoms with E-state index in [1.165, 1.54) is 5.56 Å². The second kappa shape index (κ2) is 8.80. The van der Waals surface area contributed by atoms with Crippen LogP contribution in [0.2, 0.25) is 0 Å². The Kier molecular flexibility index (Phi) is 6.75. The largest absolute Gasteiger partial charge is 0.480 e. The van der Waals surface area contributed by atoms with E-state index in [2.05, 4.69) is 34.5 Å². The van der Waals surface area contributed by atoms with Gasteiger partial charge in [0.25, 0.3) is 0 Å². The number of carboxylic acids is 1. The first-order valence-electron chi connectivity index (χ1n) is 8.44. The van der Waals surface area contributed by atoms with Gasteiger partial charge >= 0.3 is 5.97 Å². The van der Waals surface area contributed by atoms with Crippen molar-refractivity contribution in [1.82, 2.24) is 15.1 Å². The van der Waals surface area contributed by atoms with Gasteiger partial charge in [-0.25, -0.2) is 0 Å². The molecule has 0 radical (unpaired) electrons. The third kappa shape index (κ3) is 5.62. The molecule has 1 aliphatic heterocycles. The van der Waals surface area contributed by atoms with Crippen LogP contribution in [0, 0.1) is 0 Å². The first-order valence-corrected chi connectivity index (χ1v) is 8.44. The van der Waals surface area contributed by atoms with Crippen molar-refractivity contribution >= 4 is 11.9 Å². The minimum Gasteiger partial charge on any atom is -0.480 e. The molecule has 1 heterocycles. The van der Waals surface area contributed by atoms with Crippen LogP contribution in [0.1, 0.15) is 25.3 Å². The molecule has 2 N–H and O–H groups in total. The van der Waals surface area contributed by atoms with Crippen LogP contribution in [-0.4, -0.2) is 65.5 Å². The fraction of sp³-hybridized carbons (Fsp3) is 0.556. The molecule has 0 saturated carbocycles. The van der Waals surface area contributed by atoms with Crippen LogP contribution in [0.15, 0.2) is 30.3 Å². The van der Waals surface area contributed by atoms with Crippen molar-refractivity contribution in [3.8, 4) is 0 Å². The van der Waals surface area contributed by atoms with E-state index >= 15 is 0 Å². The molecular weight excluding hydrogens is 306 g/mol. The maximum absolute atomic E-state index is 12.2. The van der Waals surface area contributed by atoms with Crippen molar-refractivity contribution in [3.05, 3.63) is 35.9 Å². The highest BCUT2D eigenvalue weighted by atomic mass is 16.4. The van der Waals surface area contributed by atoms with Gasteiger partial charge in [-0.2, -0.15) is 0 Å². The fourth-order valence-electron chi connectivity index (χ4n) is 2.95. The predicted octanol–water partition coefficient (Wildman–Crippen LogP) is 1.17. The van der Waals surface area contributed by atoms with Crippen molar-refractivity contribution in [2.75, 3.05) is 26.7 Å². The summed E-state index contributed by atoms with van der Waals surface area (Å²) in [4.78, 5) is 26.9. The van der Waals surface area contributed by atoms with Gasteiger partial charge in [0.15, 0.2) is 0 Å². The molecule has 6 heteroatoms. The number of hydrogen-bond acceptors (Lipinski definition) is 4. The van der Waals surface area contributed by atoms with Crippen molar-refractivity contribution in [2.24, 2.45) is 0 Å². The summed E-state index contributed by atoms with van der Waals surface area (Å²) in [5.74, 6) is -1.02. The van der Waals surface area contributed by atoms with Crippen LogP contribution < -0.4 is 5.32 Å². The van der Waals surface area contributed by atoms with Gasteiger partial charge in [0.1, 0.15) is 0 Å². The summed E-state index contributed by atoms with van der Waals surface area (Å²) in [5, 5.41) is 11.9. The second-order valence-electron chi connectivity index (χ2n) is 6.53. The van der Waals surface area contributed by atoms with E-state index in [0.29, 0.717) is 0 Å². The molecule has 132 valence electrons. The molecule has 0 aliphatic carbocycles. The lowest BCUT2D eigenvalue weighted by Gasteiger charge is -2.33. The third-order valence-corrected chi connectivity index (χ3v) is 4.61. The monoisotopic (exact) mass is 333 g/mol. The van der Waals surface area contributed by atoms with E-state index in [1.54, 1.807) is 18.9 Å². The number of piperidine rings is 1. The number of nitrogens with zero attached hydrogens (tertiary/aromatic N) is 2. The van der Waals surface area contributed by atoms with Crippen LogP contribution in [0.4, 0.5) is 0 Å². The number of benzene rings is 1. The molecule has 1 unspecified atom stereocenters. The first-order chi connectivity index (χ1) is 11.5. The van der Waals surface area contributed by atoms with Crippen LogP contribution in [0.3, 0.4) is 0 Å². The topological polar surface area (TPSA) is 72.9 Å². The SMILES string of the molecule is CC(C(=O)NC1CCN(Cc2ccccc2)CC1)N(C)CC(=O)O. The van der Waals surface area contributed by atoms with Crippen LogP contribution in [-0.2, 0) is 16.1 Å². The van der Waals surface area contributed by atoms with E-state index in [-0.39, 0.29) is 18.5 Å². The van der Waals surface area contributed by atoms with E-state index in [4.69, 9.17) is 5.11 Å². The van der Waals surface area contributed by atoms with Gasteiger partial charge in [-0.1, -0.05) is 30.3 Å². The summed E-state index contributed by atoms with van der Waals surface area (Å²) < 4.78 is 0. The van der Waals surface area contributed by atoms with Crippen LogP contribution in [0.5, 0.6) is 0 Å². The summed E-state index contributed by atoms with van der Waals surface area (Å²) >= 11 is 0. The molecule has 24 heavy (non-hydrogen) atoms. The van der Waals surface area contributed by atoms with Gasteiger partial charge in [-0.15, -0.1) is 0 Å². The molecule has 1 saturated heterocycles. The highest BCUT2D eigenvalue weighted by Gasteiger charge is 2.25. The number of aliphatic carboxylic acids is 1. The van der Waals surface area contributed by atoms with E-state index in [0.717, 1.165) is 32.5 Å². The van der Waals surface area contributed by atoms with E-state index < -0.39 is 12.0 Å². The number of likely N-dealkylation sites (N-methyl/N-ethyl adjacent to an activating group) is 1. The minimum atomic E-state index is -0.925. The molecule has 0 bridgehead atoms. The number of rotatable bonds is 7. The van der Waals surface area contributed by atoms with Gasteiger partial charge in [0.05, 0.1) is 12.6 Å². The molecule has 1 aromatic carbocycles. The van der Waals surface area contributed by atoms with Gasteiger partial charge < -0.3 is 10.4 Å². The van der Waals surface area contributed by atoms with Crippen molar-refractivity contribution < 1.29 is 14.7 Å². The Balaban J connectivity index is 1.74. The number of carboxylic acid groups (broad SMARTS) is 1. The molecule has 1 fully saturated rings. The highest BCUT2D eigenvalue weighted by molar-refractivity contribution is 5.82. The minimum absolute atomic E-state index is 0.0970. The number of amides is 1. The number of nitrogens with one attached hydrogen (secondary N) is 1. The molecular formula is C18H27N3O3. The Morgan fingerprint density at radius 1 is 1.29 bits per heavy atom. The highest BCUT2D eigenvalue weighted by Crippen LogP contribution is 2.14. The second-order valence-corrected chi connectivity index (χ2v) is 6.53. The Hall–Kier alpha value is -1.92. The lowest BCUT2D eigenvalue weighted by atomic mass is 10.0. The van der Waals surface area contributed by atoms with Crippen LogP contribution >= 0.6 is 0 Å². The van der Waals surface area contributed by atoms with Crippen molar-refractivity contribution in [1.29, 1.82) is 0 Å². The van der Waals surface area contributed by atoms with Gasteiger partial charge in [-0.3, -0.25) is 19.4 Å². The molecule has 0 aromatic heterocycles. The Bertz CT molecular complexity index is 542. The number of carbonyl (C=O) groups excluding carboxylic acids is 1. The van der Waals surface area contributed by atoms with Crippen LogP contribution in [0.25, 0.3) is 0 Å². The lowest BCUT2D eigenvalue weighted by Crippen LogP contribution is -2.51. The average molecular weight is 333 g/mol. The number of likely N-dealkylation sites (tertiary alicyclic amines) is 1. The molecule has 1 aliphatic rings. The zero-order valence-corrected chi connectivity index (χ0v) is 14.4. The normalized spacial score (nSPS) is 17.6. The molecule has 1 amide bonds. The van der Waals surface area contributed by atoms with Gasteiger partial charge in [0, 0.05) is 25.7 Å². The number of hydrogen-bond donors (Lipinski definition) is 2. The van der Waals surface area contributed by atoms with Gasteiger partial charge in [-0.05, 0) is 32.4 Å². The third-order valence-electron chi connectivity index (χ3n) is 4.61. The smallest absolute Gasteiger partial charge is 0.317 e. The predicted molar refractivity (Wildman–Crippen MR) is 92.6 cm³/mol. The van der Waals surface area contributed by atoms with E-state index in [1.807, 2.05) is 6.07 Å². The fourth-order valence-corrected chi connectivity index (χ4v) is 2.95. The zero-order valence-electron chi connectivity index (χ0n) is 14.4. The Morgan fingerprint density at radius 3 is 2.50 bits per heavy atom. The maximum atomic E-state index is 12.2. The average Bonchev–Trinajstić information content (AvgIpc) is 2.56. The summed E-state index contributed by atoms with van der Waals surface area (Å²) in [5.41, 5.74) is 1.31. The summed E-state index contributed by atoms with van der Waals surface area (Å²) in [6.07, 6.45) is 1.85. The lowest BCUT2D eigenvalue weighted by molar-refractivity contribution is -0.139. The summed E-state index contributed by atoms with van der Waals surface area (Å²) in [6.45, 7) is 4.46. The molecule has 1 aromatic rings. The number of carbonyl (C=O) groups is 2. The molecule has 0 spiro atoms. The quantitative estimate of drug-likeness (QED) is 0.784. The summed E-state index contributed by atoms with van der Waals surface area (Å²) in [6, 6.07) is 10.1. The molecule has 2 rings (SSSR count). The Morgan fingerprint density at radius 2 is 1.92 bits per heavy atom. The first kappa shape index (κ1) is 18.4. The van der Waals surface area contributed by atoms with Crippen molar-refractivity contribution in [3.63, 3.8) is 0 Å². The molecule has 6 nitrogen and oxygen atoms in total. The van der Waals surface area contributed by atoms with Gasteiger partial charge in [0.2, 0.25) is 5.91 Å². The van der Waals surface area contributed by atoms with E-state index in [9.17, 15) is 9.59 Å². The molecule has 1 atom stereocenters. The summed E-state index contributed by atoms with van der Waals surface area (Å²) in [7, 11) is 1.65. The zero-order chi connectivity index (χ0) is 17.5.